The van der Waals surface area contributed by atoms with Gasteiger partial charge in [0.1, 0.15) is 0 Å². The minimum atomic E-state index is 0.210. The Morgan fingerprint density at radius 1 is 0.895 bits per heavy atom. The van der Waals surface area contributed by atoms with Crippen molar-refractivity contribution in [2.45, 2.75) is 31.4 Å². The molecule has 0 N–H and O–H groups in total. The molecule has 1 nitrogen and oxygen atoms in total. The standard InChI is InChI=1S/C17H20OSe/c1-14(2)18-17(15-9-5-3-6-10-15)13-19-16-11-7-4-8-12-16/h3-12,14,17H,13H2,1-2H3. The Morgan fingerprint density at radius 2 is 1.47 bits per heavy atom. The van der Waals surface area contributed by atoms with Gasteiger partial charge in [0.25, 0.3) is 0 Å². The van der Waals surface area contributed by atoms with Gasteiger partial charge in [0.15, 0.2) is 0 Å². The fourth-order valence-corrected chi connectivity index (χ4v) is 3.92. The van der Waals surface area contributed by atoms with Gasteiger partial charge in [-0.15, -0.1) is 0 Å². The normalized spacial score (nSPS) is 12.6. The van der Waals surface area contributed by atoms with Gasteiger partial charge in [-0.25, -0.2) is 0 Å². The molecule has 0 aliphatic rings. The van der Waals surface area contributed by atoms with Crippen LogP contribution in [0.1, 0.15) is 25.5 Å². The zero-order valence-corrected chi connectivity index (χ0v) is 13.2. The molecule has 100 valence electrons. The summed E-state index contributed by atoms with van der Waals surface area (Å²) in [6, 6.07) is 21.2. The first-order valence-corrected chi connectivity index (χ1v) is 8.71. The molecule has 19 heavy (non-hydrogen) atoms. The van der Waals surface area contributed by atoms with Crippen molar-refractivity contribution in [2.75, 3.05) is 0 Å². The third kappa shape index (κ3) is 4.83. The molecule has 0 radical (unpaired) electrons. The Labute approximate surface area is 122 Å². The third-order valence-electron chi connectivity index (χ3n) is 2.75. The van der Waals surface area contributed by atoms with Crippen LogP contribution in [0.15, 0.2) is 60.7 Å². The Bertz CT molecular complexity index is 467. The Balaban J connectivity index is 2.02. The molecule has 0 fully saturated rings. The van der Waals surface area contributed by atoms with E-state index in [9.17, 15) is 0 Å². The van der Waals surface area contributed by atoms with E-state index in [0.29, 0.717) is 15.0 Å². The predicted octanol–water partition coefficient (Wildman–Crippen LogP) is 3.60. The van der Waals surface area contributed by atoms with E-state index in [4.69, 9.17) is 4.74 Å². The number of ether oxygens (including phenoxy) is 1. The van der Waals surface area contributed by atoms with E-state index in [2.05, 4.69) is 74.5 Å². The van der Waals surface area contributed by atoms with Gasteiger partial charge in [-0.1, -0.05) is 0 Å². The molecular weight excluding hydrogens is 299 g/mol. The van der Waals surface area contributed by atoms with Crippen LogP contribution < -0.4 is 4.46 Å². The molecule has 2 aromatic rings. The number of benzene rings is 2. The van der Waals surface area contributed by atoms with Gasteiger partial charge < -0.3 is 0 Å². The molecule has 0 bridgehead atoms. The van der Waals surface area contributed by atoms with Crippen LogP contribution in [0, 0.1) is 0 Å². The third-order valence-corrected chi connectivity index (χ3v) is 5.01. The summed E-state index contributed by atoms with van der Waals surface area (Å²) in [6.07, 6.45) is 0.471. The summed E-state index contributed by atoms with van der Waals surface area (Å²) in [5, 5.41) is 1.08. The average Bonchev–Trinajstić information content (AvgIpc) is 2.45. The first-order chi connectivity index (χ1) is 9.25. The van der Waals surface area contributed by atoms with Crippen LogP contribution in [0.5, 0.6) is 0 Å². The predicted molar refractivity (Wildman–Crippen MR) is 82.0 cm³/mol. The number of hydrogen-bond acceptors (Lipinski definition) is 1. The molecule has 0 aliphatic carbocycles. The van der Waals surface area contributed by atoms with E-state index in [1.807, 2.05) is 0 Å². The summed E-state index contributed by atoms with van der Waals surface area (Å²) in [5.41, 5.74) is 1.29. The topological polar surface area (TPSA) is 9.23 Å². The molecule has 1 unspecified atom stereocenters. The molecule has 0 heterocycles. The van der Waals surface area contributed by atoms with E-state index in [1.165, 1.54) is 10.0 Å². The van der Waals surface area contributed by atoms with Crippen LogP contribution in [0.3, 0.4) is 0 Å². The summed E-state index contributed by atoms with van der Waals surface area (Å²) < 4.78 is 7.51. The van der Waals surface area contributed by atoms with Crippen LogP contribution in [-0.4, -0.2) is 21.1 Å². The maximum absolute atomic E-state index is 6.07. The monoisotopic (exact) mass is 320 g/mol. The summed E-state index contributed by atoms with van der Waals surface area (Å²) in [4.78, 5) is 0. The van der Waals surface area contributed by atoms with E-state index in [0.717, 1.165) is 5.32 Å². The van der Waals surface area contributed by atoms with Crippen molar-refractivity contribution in [1.82, 2.24) is 0 Å². The zero-order chi connectivity index (χ0) is 13.5. The quantitative estimate of drug-likeness (QED) is 0.739. The molecule has 2 rings (SSSR count). The van der Waals surface area contributed by atoms with Crippen molar-refractivity contribution in [2.24, 2.45) is 0 Å². The van der Waals surface area contributed by atoms with Crippen molar-refractivity contribution in [1.29, 1.82) is 0 Å². The Hall–Kier alpha value is -1.08. The van der Waals surface area contributed by atoms with Crippen LogP contribution >= 0.6 is 0 Å². The number of rotatable bonds is 6. The van der Waals surface area contributed by atoms with E-state index >= 15 is 0 Å². The molecule has 2 aromatic carbocycles. The first kappa shape index (κ1) is 14.3. The van der Waals surface area contributed by atoms with Gasteiger partial charge in [0.2, 0.25) is 0 Å². The van der Waals surface area contributed by atoms with Crippen molar-refractivity contribution in [3.05, 3.63) is 66.2 Å². The second-order valence-electron chi connectivity index (χ2n) is 4.71. The molecule has 2 heteroatoms. The van der Waals surface area contributed by atoms with Crippen LogP contribution in [0.25, 0.3) is 0 Å². The second-order valence-corrected chi connectivity index (χ2v) is 7.00. The van der Waals surface area contributed by atoms with E-state index in [-0.39, 0.29) is 12.2 Å². The van der Waals surface area contributed by atoms with Gasteiger partial charge in [-0.05, 0) is 0 Å². The molecule has 0 aromatic heterocycles. The fourth-order valence-electron chi connectivity index (χ4n) is 1.90. The summed E-state index contributed by atoms with van der Waals surface area (Å²) in [5.74, 6) is 0. The zero-order valence-electron chi connectivity index (χ0n) is 11.5. The van der Waals surface area contributed by atoms with Crippen molar-refractivity contribution >= 4 is 19.4 Å². The van der Waals surface area contributed by atoms with E-state index < -0.39 is 0 Å². The van der Waals surface area contributed by atoms with Crippen molar-refractivity contribution in [3.63, 3.8) is 0 Å². The first-order valence-electron chi connectivity index (χ1n) is 6.64. The number of hydrogen-bond donors (Lipinski definition) is 0. The minimum absolute atomic E-state index is 0.210. The van der Waals surface area contributed by atoms with Crippen LogP contribution in [0.2, 0.25) is 5.32 Å². The van der Waals surface area contributed by atoms with E-state index in [1.54, 1.807) is 0 Å². The summed E-state index contributed by atoms with van der Waals surface area (Å²) in [6.45, 7) is 4.21. The molecule has 0 aliphatic heterocycles. The van der Waals surface area contributed by atoms with Gasteiger partial charge in [-0.3, -0.25) is 0 Å². The molecule has 0 amide bonds. The summed E-state index contributed by atoms with van der Waals surface area (Å²) in [7, 11) is 0. The molecule has 1 atom stereocenters. The van der Waals surface area contributed by atoms with Gasteiger partial charge in [-0.2, -0.15) is 0 Å². The van der Waals surface area contributed by atoms with Gasteiger partial charge in [0, 0.05) is 0 Å². The molecular formula is C17H20OSe. The van der Waals surface area contributed by atoms with Crippen molar-refractivity contribution in [3.8, 4) is 0 Å². The van der Waals surface area contributed by atoms with Gasteiger partial charge >= 0.3 is 122 Å². The fraction of sp³-hybridized carbons (Fsp3) is 0.294. The molecule has 0 saturated heterocycles. The molecule has 0 spiro atoms. The summed E-state index contributed by atoms with van der Waals surface area (Å²) >= 11 is 0.455. The Morgan fingerprint density at radius 3 is 2.05 bits per heavy atom. The van der Waals surface area contributed by atoms with Crippen LogP contribution in [0.4, 0.5) is 0 Å². The maximum atomic E-state index is 6.07. The van der Waals surface area contributed by atoms with Gasteiger partial charge in [0.05, 0.1) is 0 Å². The Kier molecular flexibility index (Phi) is 5.65. The van der Waals surface area contributed by atoms with Crippen LogP contribution in [-0.2, 0) is 4.74 Å². The SMILES string of the molecule is CC(C)OC(C[Se]c1ccccc1)c1ccccc1. The molecule has 0 saturated carbocycles. The second kappa shape index (κ2) is 7.49. The average molecular weight is 319 g/mol. The van der Waals surface area contributed by atoms with Crippen molar-refractivity contribution < 1.29 is 4.74 Å².